The Morgan fingerprint density at radius 1 is 0.500 bits per heavy atom. The second kappa shape index (κ2) is 45.6. The van der Waals surface area contributed by atoms with Gasteiger partial charge in [0.1, 0.15) is 19.8 Å². The summed E-state index contributed by atoms with van der Waals surface area (Å²) in [5.74, 6) is -0.852. The molecule has 0 aliphatic heterocycles. The number of carbonyl (C=O) groups excluding carboxylic acids is 2. The third-order valence-electron chi connectivity index (χ3n) is 10.7. The highest BCUT2D eigenvalue weighted by atomic mass is 31.2. The maximum Gasteiger partial charge on any atom is 0.306 e. The molecule has 0 N–H and O–H groups in total. The Balaban J connectivity index is 4.17. The van der Waals surface area contributed by atoms with E-state index in [2.05, 4.69) is 86.8 Å². The molecule has 0 amide bonds. The number of quaternary nitrogens is 1. The van der Waals surface area contributed by atoms with E-state index in [9.17, 15) is 19.0 Å². The Bertz CT molecular complexity index is 1310. The van der Waals surface area contributed by atoms with Crippen molar-refractivity contribution in [2.24, 2.45) is 0 Å². The van der Waals surface area contributed by atoms with Crippen LogP contribution < -0.4 is 4.89 Å². The van der Waals surface area contributed by atoms with Crippen LogP contribution in [0.3, 0.4) is 0 Å². The number of ether oxygens (including phenoxy) is 2. The van der Waals surface area contributed by atoms with Crippen LogP contribution in [-0.4, -0.2) is 70.0 Å². The van der Waals surface area contributed by atoms with Crippen LogP contribution in [0.5, 0.6) is 0 Å². The van der Waals surface area contributed by atoms with Crippen molar-refractivity contribution in [1.29, 1.82) is 0 Å². The van der Waals surface area contributed by atoms with E-state index in [1.807, 2.05) is 21.1 Å². The molecule has 370 valence electrons. The highest BCUT2D eigenvalue weighted by Gasteiger charge is 2.21. The van der Waals surface area contributed by atoms with E-state index in [1.165, 1.54) is 77.0 Å². The van der Waals surface area contributed by atoms with Gasteiger partial charge in [0.2, 0.25) is 0 Å². The lowest BCUT2D eigenvalue weighted by Crippen LogP contribution is -2.37. The molecule has 64 heavy (non-hydrogen) atoms. The zero-order valence-electron chi connectivity index (χ0n) is 41.7. The first-order valence-electron chi connectivity index (χ1n) is 25.6. The second-order valence-electron chi connectivity index (χ2n) is 18.1. The van der Waals surface area contributed by atoms with Crippen molar-refractivity contribution in [2.45, 2.75) is 213 Å². The predicted molar refractivity (Wildman–Crippen MR) is 268 cm³/mol. The maximum absolute atomic E-state index is 12.7. The van der Waals surface area contributed by atoms with Crippen molar-refractivity contribution < 1.29 is 42.1 Å². The largest absolute Gasteiger partial charge is 0.756 e. The Labute approximate surface area is 393 Å². The summed E-state index contributed by atoms with van der Waals surface area (Å²) < 4.78 is 34.0. The standard InChI is InChI=1S/C54H96NO8P/c1-6-8-10-12-14-16-18-20-21-22-23-24-25-26-27-28-29-30-31-32-33-35-37-39-41-43-45-47-54(57)63-52(51-62-64(58,59)61-49-48-55(3,4)5)50-60-53(56)46-44-42-40-38-36-34-19-17-15-13-11-9-7-2/h8,10-11,13-14,16-17,19-21,23-24,52H,6-7,9,12,15,18,22,25-51H2,1-5H3/b10-8-,13-11-,16-14-,19-17-,21-20-,24-23-. The quantitative estimate of drug-likeness (QED) is 0.0195. The van der Waals surface area contributed by atoms with Gasteiger partial charge >= 0.3 is 11.9 Å². The van der Waals surface area contributed by atoms with Crippen LogP contribution in [-0.2, 0) is 32.7 Å². The molecule has 0 aliphatic carbocycles. The van der Waals surface area contributed by atoms with Gasteiger partial charge in [-0.2, -0.15) is 0 Å². The lowest BCUT2D eigenvalue weighted by molar-refractivity contribution is -0.870. The molecule has 0 aliphatic rings. The summed E-state index contributed by atoms with van der Waals surface area (Å²) in [6.07, 6.45) is 58.0. The molecule has 9 nitrogen and oxygen atoms in total. The molecule has 2 unspecified atom stereocenters. The van der Waals surface area contributed by atoms with E-state index in [0.29, 0.717) is 23.9 Å². The minimum absolute atomic E-state index is 0.0356. The fourth-order valence-electron chi connectivity index (χ4n) is 6.74. The van der Waals surface area contributed by atoms with Crippen LogP contribution in [0, 0.1) is 0 Å². The lowest BCUT2D eigenvalue weighted by atomic mass is 10.0. The van der Waals surface area contributed by atoms with E-state index >= 15 is 0 Å². The van der Waals surface area contributed by atoms with Crippen molar-refractivity contribution in [1.82, 2.24) is 0 Å². The van der Waals surface area contributed by atoms with E-state index in [1.54, 1.807) is 0 Å². The van der Waals surface area contributed by atoms with Crippen LogP contribution in [0.4, 0.5) is 0 Å². The van der Waals surface area contributed by atoms with Crippen molar-refractivity contribution in [2.75, 3.05) is 47.5 Å². The van der Waals surface area contributed by atoms with Gasteiger partial charge in [-0.05, 0) is 77.0 Å². The number of esters is 2. The van der Waals surface area contributed by atoms with Gasteiger partial charge in [-0.1, -0.05) is 189 Å². The van der Waals surface area contributed by atoms with Crippen molar-refractivity contribution in [3.05, 3.63) is 72.9 Å². The molecule has 2 atom stereocenters. The van der Waals surface area contributed by atoms with Crippen LogP contribution in [0.2, 0.25) is 0 Å². The first-order valence-corrected chi connectivity index (χ1v) is 27.1. The fraction of sp³-hybridized carbons (Fsp3) is 0.741. The molecule has 10 heteroatoms. The van der Waals surface area contributed by atoms with Crippen LogP contribution in [0.15, 0.2) is 72.9 Å². The number of phosphoric ester groups is 1. The maximum atomic E-state index is 12.7. The van der Waals surface area contributed by atoms with E-state index in [4.69, 9.17) is 18.5 Å². The first kappa shape index (κ1) is 61.5. The normalized spacial score (nSPS) is 14.0. The summed E-state index contributed by atoms with van der Waals surface area (Å²) in [7, 11) is 1.15. The van der Waals surface area contributed by atoms with E-state index < -0.39 is 32.5 Å². The van der Waals surface area contributed by atoms with Gasteiger partial charge < -0.3 is 27.9 Å². The highest BCUT2D eigenvalue weighted by Crippen LogP contribution is 2.38. The fourth-order valence-corrected chi connectivity index (χ4v) is 7.47. The number of nitrogens with zero attached hydrogens (tertiary/aromatic N) is 1. The van der Waals surface area contributed by atoms with Crippen LogP contribution >= 0.6 is 7.82 Å². The monoisotopic (exact) mass is 918 g/mol. The second-order valence-corrected chi connectivity index (χ2v) is 19.6. The number of likely N-dealkylation sites (N-methyl/N-ethyl adjacent to an activating group) is 1. The summed E-state index contributed by atoms with van der Waals surface area (Å²) in [5, 5.41) is 0. The molecular weight excluding hydrogens is 822 g/mol. The van der Waals surface area contributed by atoms with Crippen molar-refractivity contribution in [3.8, 4) is 0 Å². The number of rotatable bonds is 46. The molecular formula is C54H96NO8P. The molecule has 0 rings (SSSR count). The van der Waals surface area contributed by atoms with Gasteiger partial charge in [-0.15, -0.1) is 0 Å². The minimum atomic E-state index is -4.63. The van der Waals surface area contributed by atoms with Gasteiger partial charge in [0.15, 0.2) is 6.10 Å². The number of carbonyl (C=O) groups is 2. The molecule has 0 aromatic heterocycles. The summed E-state index contributed by atoms with van der Waals surface area (Å²) in [6, 6.07) is 0. The summed E-state index contributed by atoms with van der Waals surface area (Å²) >= 11 is 0. The predicted octanol–water partition coefficient (Wildman–Crippen LogP) is 14.7. The molecule has 0 radical (unpaired) electrons. The van der Waals surface area contributed by atoms with Gasteiger partial charge in [0.05, 0.1) is 27.7 Å². The molecule has 0 aromatic carbocycles. The zero-order chi connectivity index (χ0) is 47.1. The number of phosphoric acid groups is 1. The summed E-state index contributed by atoms with van der Waals surface area (Å²) in [5.41, 5.74) is 0. The summed E-state index contributed by atoms with van der Waals surface area (Å²) in [6.45, 7) is 4.04. The van der Waals surface area contributed by atoms with Gasteiger partial charge in [-0.25, -0.2) is 0 Å². The van der Waals surface area contributed by atoms with E-state index in [-0.39, 0.29) is 26.1 Å². The van der Waals surface area contributed by atoms with E-state index in [0.717, 1.165) is 89.9 Å². The number of allylic oxidation sites excluding steroid dienone is 12. The minimum Gasteiger partial charge on any atom is -0.756 e. The molecule has 0 bridgehead atoms. The Kier molecular flexibility index (Phi) is 43.8. The number of hydrogen-bond acceptors (Lipinski definition) is 8. The third-order valence-corrected chi connectivity index (χ3v) is 11.7. The zero-order valence-corrected chi connectivity index (χ0v) is 42.6. The van der Waals surface area contributed by atoms with Crippen molar-refractivity contribution >= 4 is 19.8 Å². The van der Waals surface area contributed by atoms with Crippen LogP contribution in [0.1, 0.15) is 206 Å². The molecule has 0 saturated carbocycles. The molecule has 0 saturated heterocycles. The lowest BCUT2D eigenvalue weighted by Gasteiger charge is -2.28. The third kappa shape index (κ3) is 48.9. The molecule has 0 fully saturated rings. The number of hydrogen-bond donors (Lipinski definition) is 0. The SMILES string of the molecule is CC/C=C\C/C=C\C/C=C\C/C=C\CCCCCCCCCCCCCCCCC(=O)OC(COC(=O)CCCCCCC/C=C\C/C=C\CCC)COP(=O)([O-])OCC[N+](C)(C)C. The Hall–Kier alpha value is -2.55. The van der Waals surface area contributed by atoms with Crippen molar-refractivity contribution in [3.63, 3.8) is 0 Å². The Morgan fingerprint density at radius 3 is 1.33 bits per heavy atom. The topological polar surface area (TPSA) is 111 Å². The summed E-state index contributed by atoms with van der Waals surface area (Å²) in [4.78, 5) is 37.7. The average Bonchev–Trinajstić information content (AvgIpc) is 3.25. The average molecular weight is 918 g/mol. The van der Waals surface area contributed by atoms with Gasteiger partial charge in [-0.3, -0.25) is 14.2 Å². The van der Waals surface area contributed by atoms with Crippen LogP contribution in [0.25, 0.3) is 0 Å². The molecule has 0 spiro atoms. The number of unbranched alkanes of at least 4 members (excludes halogenated alkanes) is 20. The first-order chi connectivity index (χ1) is 31.0. The molecule has 0 heterocycles. The van der Waals surface area contributed by atoms with Gasteiger partial charge in [0, 0.05) is 12.8 Å². The molecule has 0 aromatic rings. The Morgan fingerprint density at radius 2 is 0.891 bits per heavy atom. The van der Waals surface area contributed by atoms with Gasteiger partial charge in [0.25, 0.3) is 7.82 Å². The highest BCUT2D eigenvalue weighted by molar-refractivity contribution is 7.45. The smallest absolute Gasteiger partial charge is 0.306 e.